The van der Waals surface area contributed by atoms with Crippen molar-refractivity contribution in [2.45, 2.75) is 38.6 Å². The van der Waals surface area contributed by atoms with Crippen LogP contribution >= 0.6 is 0 Å². The number of nitrogens with one attached hydrogen (secondary N) is 1. The highest BCUT2D eigenvalue weighted by Gasteiger charge is 2.13. The molecule has 1 fully saturated rings. The van der Waals surface area contributed by atoms with E-state index in [1.165, 1.54) is 25.9 Å². The van der Waals surface area contributed by atoms with Crippen LogP contribution in [-0.4, -0.2) is 46.8 Å². The fourth-order valence-corrected chi connectivity index (χ4v) is 4.12. The zero-order valence-corrected chi connectivity index (χ0v) is 17.0. The summed E-state index contributed by atoms with van der Waals surface area (Å²) < 4.78 is 2.04. The normalized spacial score (nSPS) is 14.5. The van der Waals surface area contributed by atoms with Gasteiger partial charge in [-0.2, -0.15) is 5.10 Å². The number of rotatable bonds is 9. The third kappa shape index (κ3) is 5.04. The first-order valence-corrected chi connectivity index (χ1v) is 10.8. The van der Waals surface area contributed by atoms with Crippen molar-refractivity contribution in [1.82, 2.24) is 20.0 Å². The molecule has 1 saturated heterocycles. The van der Waals surface area contributed by atoms with Crippen molar-refractivity contribution in [2.24, 2.45) is 0 Å². The van der Waals surface area contributed by atoms with E-state index in [0.29, 0.717) is 6.42 Å². The molecule has 2 aromatic carbocycles. The van der Waals surface area contributed by atoms with Crippen LogP contribution in [0.1, 0.15) is 32.1 Å². The molecule has 5 nitrogen and oxygen atoms in total. The first-order valence-electron chi connectivity index (χ1n) is 10.8. The van der Waals surface area contributed by atoms with Gasteiger partial charge in [0, 0.05) is 30.5 Å². The molecule has 1 aliphatic rings. The Morgan fingerprint density at radius 1 is 0.931 bits per heavy atom. The van der Waals surface area contributed by atoms with Crippen LogP contribution in [0.15, 0.2) is 54.6 Å². The molecule has 0 aliphatic carbocycles. The van der Waals surface area contributed by atoms with Crippen molar-refractivity contribution >= 4 is 16.8 Å². The van der Waals surface area contributed by atoms with Crippen LogP contribution in [0, 0.1) is 0 Å². The molecule has 0 atom stereocenters. The quantitative estimate of drug-likeness (QED) is 0.560. The number of hydrogen-bond donors (Lipinski definition) is 1. The number of likely N-dealkylation sites (tertiary alicyclic amines) is 1. The van der Waals surface area contributed by atoms with E-state index >= 15 is 0 Å². The Morgan fingerprint density at radius 3 is 2.52 bits per heavy atom. The Balaban J connectivity index is 1.29. The maximum Gasteiger partial charge on any atom is 0.220 e. The second-order valence-electron chi connectivity index (χ2n) is 7.81. The van der Waals surface area contributed by atoms with Gasteiger partial charge in [0.15, 0.2) is 0 Å². The summed E-state index contributed by atoms with van der Waals surface area (Å²) in [4.78, 5) is 14.7. The van der Waals surface area contributed by atoms with Gasteiger partial charge in [0.2, 0.25) is 5.91 Å². The van der Waals surface area contributed by atoms with Crippen LogP contribution < -0.4 is 5.32 Å². The summed E-state index contributed by atoms with van der Waals surface area (Å²) in [5.41, 5.74) is 3.25. The Bertz CT molecular complexity index is 928. The lowest BCUT2D eigenvalue weighted by Gasteiger charge is -2.14. The van der Waals surface area contributed by atoms with E-state index in [-0.39, 0.29) is 5.91 Å². The van der Waals surface area contributed by atoms with Crippen LogP contribution in [-0.2, 0) is 11.3 Å². The molecule has 0 radical (unpaired) electrons. The van der Waals surface area contributed by atoms with Gasteiger partial charge in [-0.05, 0) is 51.4 Å². The number of nitrogens with zero attached hydrogens (tertiary/aromatic N) is 3. The average molecular weight is 391 g/mol. The number of carbonyl (C=O) groups excluding carboxylic acids is 1. The summed E-state index contributed by atoms with van der Waals surface area (Å²) in [6.45, 7) is 5.06. The molecule has 152 valence electrons. The van der Waals surface area contributed by atoms with Gasteiger partial charge in [-0.15, -0.1) is 0 Å². The third-order valence-electron chi connectivity index (χ3n) is 5.65. The fraction of sp³-hybridized carbons (Fsp3) is 0.417. The zero-order chi connectivity index (χ0) is 19.9. The van der Waals surface area contributed by atoms with Crippen LogP contribution in [0.25, 0.3) is 22.2 Å². The molecule has 0 saturated carbocycles. The minimum atomic E-state index is 0.145. The second kappa shape index (κ2) is 9.70. The van der Waals surface area contributed by atoms with Crippen LogP contribution in [0.3, 0.4) is 0 Å². The predicted octanol–water partition coefficient (Wildman–Crippen LogP) is 4.09. The summed E-state index contributed by atoms with van der Waals surface area (Å²) in [5, 5.41) is 9.08. The van der Waals surface area contributed by atoms with E-state index in [1.54, 1.807) is 0 Å². The third-order valence-corrected chi connectivity index (χ3v) is 5.65. The smallest absolute Gasteiger partial charge is 0.220 e. The molecular formula is C24H30N4O. The lowest BCUT2D eigenvalue weighted by atomic mass is 10.1. The van der Waals surface area contributed by atoms with E-state index in [9.17, 15) is 4.79 Å². The van der Waals surface area contributed by atoms with Gasteiger partial charge in [-0.3, -0.25) is 9.48 Å². The molecule has 1 amide bonds. The lowest BCUT2D eigenvalue weighted by Crippen LogP contribution is -2.28. The maximum absolute atomic E-state index is 12.2. The SMILES string of the molecule is O=C(CCCn1nc(-c2ccccc2)c2ccccc21)NCCCN1CCCC1. The van der Waals surface area contributed by atoms with Gasteiger partial charge in [0.25, 0.3) is 0 Å². The molecule has 1 N–H and O–H groups in total. The van der Waals surface area contributed by atoms with Crippen molar-refractivity contribution in [3.8, 4) is 11.3 Å². The minimum Gasteiger partial charge on any atom is -0.356 e. The van der Waals surface area contributed by atoms with E-state index in [2.05, 4.69) is 40.5 Å². The average Bonchev–Trinajstić information content (AvgIpc) is 3.40. The number of amides is 1. The Morgan fingerprint density at radius 2 is 1.69 bits per heavy atom. The number of hydrogen-bond acceptors (Lipinski definition) is 3. The van der Waals surface area contributed by atoms with E-state index in [4.69, 9.17) is 5.10 Å². The highest BCUT2D eigenvalue weighted by molar-refractivity contribution is 5.93. The summed E-state index contributed by atoms with van der Waals surface area (Å²) >= 11 is 0. The minimum absolute atomic E-state index is 0.145. The zero-order valence-electron chi connectivity index (χ0n) is 17.0. The van der Waals surface area contributed by atoms with Gasteiger partial charge in [0.1, 0.15) is 5.69 Å². The van der Waals surface area contributed by atoms with Crippen molar-refractivity contribution in [3.05, 3.63) is 54.6 Å². The molecule has 5 heteroatoms. The van der Waals surface area contributed by atoms with E-state index < -0.39 is 0 Å². The topological polar surface area (TPSA) is 50.2 Å². The Kier molecular flexibility index (Phi) is 6.57. The molecule has 29 heavy (non-hydrogen) atoms. The van der Waals surface area contributed by atoms with Gasteiger partial charge in [-0.25, -0.2) is 0 Å². The molecule has 0 bridgehead atoms. The second-order valence-corrected chi connectivity index (χ2v) is 7.81. The number of para-hydroxylation sites is 1. The van der Waals surface area contributed by atoms with Gasteiger partial charge >= 0.3 is 0 Å². The van der Waals surface area contributed by atoms with Gasteiger partial charge in [0.05, 0.1) is 5.52 Å². The number of carbonyl (C=O) groups is 1. The monoisotopic (exact) mass is 390 g/mol. The van der Waals surface area contributed by atoms with Crippen molar-refractivity contribution in [1.29, 1.82) is 0 Å². The first-order chi connectivity index (χ1) is 14.3. The highest BCUT2D eigenvalue weighted by Crippen LogP contribution is 2.27. The molecule has 1 aromatic heterocycles. The number of fused-ring (bicyclic) bond motifs is 1. The Hall–Kier alpha value is -2.66. The summed E-state index contributed by atoms with van der Waals surface area (Å²) in [6.07, 6.45) is 5.01. The molecule has 1 aliphatic heterocycles. The fourth-order valence-electron chi connectivity index (χ4n) is 4.12. The van der Waals surface area contributed by atoms with Crippen molar-refractivity contribution in [2.75, 3.05) is 26.2 Å². The molecule has 2 heterocycles. The predicted molar refractivity (Wildman–Crippen MR) is 118 cm³/mol. The molecular weight excluding hydrogens is 360 g/mol. The molecule has 0 unspecified atom stereocenters. The van der Waals surface area contributed by atoms with Crippen LogP contribution in [0.5, 0.6) is 0 Å². The largest absolute Gasteiger partial charge is 0.356 e. The van der Waals surface area contributed by atoms with Gasteiger partial charge < -0.3 is 10.2 Å². The summed E-state index contributed by atoms with van der Waals surface area (Å²) in [6, 6.07) is 18.6. The molecule has 0 spiro atoms. The van der Waals surface area contributed by atoms with E-state index in [1.807, 2.05) is 28.9 Å². The number of benzene rings is 2. The number of aryl methyl sites for hydroxylation is 1. The highest BCUT2D eigenvalue weighted by atomic mass is 16.1. The van der Waals surface area contributed by atoms with E-state index in [0.717, 1.165) is 54.6 Å². The van der Waals surface area contributed by atoms with Crippen LogP contribution in [0.4, 0.5) is 0 Å². The summed E-state index contributed by atoms with van der Waals surface area (Å²) in [5.74, 6) is 0.145. The molecule has 4 rings (SSSR count). The summed E-state index contributed by atoms with van der Waals surface area (Å²) in [7, 11) is 0. The van der Waals surface area contributed by atoms with Crippen molar-refractivity contribution in [3.63, 3.8) is 0 Å². The van der Waals surface area contributed by atoms with Gasteiger partial charge in [-0.1, -0.05) is 48.5 Å². The first kappa shape index (κ1) is 19.6. The lowest BCUT2D eigenvalue weighted by molar-refractivity contribution is -0.121. The number of aromatic nitrogens is 2. The van der Waals surface area contributed by atoms with Crippen molar-refractivity contribution < 1.29 is 4.79 Å². The van der Waals surface area contributed by atoms with Crippen LogP contribution in [0.2, 0.25) is 0 Å². The Labute approximate surface area is 172 Å². The maximum atomic E-state index is 12.2. The molecule has 3 aromatic rings. The standard InChI is InChI=1S/C24H30N4O/c29-23(25-15-9-18-27-16-6-7-17-27)14-8-19-28-22-13-5-4-12-21(22)24(26-28)20-10-2-1-3-11-20/h1-5,10-13H,6-9,14-19H2,(H,25,29).